The molecule has 0 aliphatic carbocycles. The van der Waals surface area contributed by atoms with Gasteiger partial charge in [0.1, 0.15) is 11.5 Å². The second-order valence-electron chi connectivity index (χ2n) is 5.00. The van der Waals surface area contributed by atoms with Crippen molar-refractivity contribution in [2.75, 3.05) is 6.61 Å². The van der Waals surface area contributed by atoms with Crippen molar-refractivity contribution < 1.29 is 19.4 Å². The minimum absolute atomic E-state index is 0.0553. The van der Waals surface area contributed by atoms with Crippen LogP contribution in [0, 0.1) is 0 Å². The quantitative estimate of drug-likeness (QED) is 0.450. The van der Waals surface area contributed by atoms with E-state index in [9.17, 15) is 9.90 Å². The summed E-state index contributed by atoms with van der Waals surface area (Å²) in [5.74, 6) is 0.419. The molecule has 0 radical (unpaired) electrons. The molecule has 0 spiro atoms. The molecule has 24 heavy (non-hydrogen) atoms. The number of nitrogens with zero attached hydrogens (tertiary/aromatic N) is 1. The second kappa shape index (κ2) is 8.93. The molecule has 126 valence electrons. The topological polar surface area (TPSA) is 68.7 Å². The van der Waals surface area contributed by atoms with E-state index in [0.29, 0.717) is 23.3 Å². The highest BCUT2D eigenvalue weighted by molar-refractivity contribution is 6.32. The molecule has 0 aliphatic rings. The molecule has 0 saturated heterocycles. The smallest absolute Gasteiger partial charge is 0.330 e. The molecule has 0 amide bonds. The van der Waals surface area contributed by atoms with Crippen molar-refractivity contribution in [2.24, 2.45) is 0 Å². The third kappa shape index (κ3) is 5.59. The van der Waals surface area contributed by atoms with Crippen LogP contribution in [-0.2, 0) is 9.53 Å². The van der Waals surface area contributed by atoms with Crippen molar-refractivity contribution in [1.29, 1.82) is 0 Å². The number of benzene rings is 1. The first kappa shape index (κ1) is 17.8. The van der Waals surface area contributed by atoms with Crippen LogP contribution in [0.2, 0.25) is 5.02 Å². The Morgan fingerprint density at radius 1 is 1.33 bits per heavy atom. The zero-order valence-corrected chi connectivity index (χ0v) is 14.0. The van der Waals surface area contributed by atoms with Crippen LogP contribution in [0.25, 0.3) is 6.08 Å². The van der Waals surface area contributed by atoms with Gasteiger partial charge in [0, 0.05) is 12.1 Å². The highest BCUT2D eigenvalue weighted by Gasteiger charge is 2.05. The molecule has 0 bridgehead atoms. The van der Waals surface area contributed by atoms with Crippen LogP contribution in [-0.4, -0.2) is 22.7 Å². The standard InChI is InChI=1S/C18H18ClNO4/c1-2-3-10-23-18(22)9-5-13-4-7-16(15(19)11-13)24-17-8-6-14(21)12-20-17/h4-9,11-12,21H,2-3,10H2,1H3/b9-5+. The Hall–Kier alpha value is -2.53. The van der Waals surface area contributed by atoms with Crippen molar-refractivity contribution in [2.45, 2.75) is 19.8 Å². The second-order valence-corrected chi connectivity index (χ2v) is 5.41. The highest BCUT2D eigenvalue weighted by atomic mass is 35.5. The summed E-state index contributed by atoms with van der Waals surface area (Å²) in [4.78, 5) is 15.4. The summed E-state index contributed by atoms with van der Waals surface area (Å²) in [6.07, 6.45) is 6.10. The molecule has 6 heteroatoms. The monoisotopic (exact) mass is 347 g/mol. The van der Waals surface area contributed by atoms with Gasteiger partial charge in [0.2, 0.25) is 5.88 Å². The van der Waals surface area contributed by atoms with Crippen LogP contribution in [0.15, 0.2) is 42.6 Å². The first-order valence-electron chi connectivity index (χ1n) is 7.55. The Balaban J connectivity index is 1.98. The maximum Gasteiger partial charge on any atom is 0.330 e. The zero-order chi connectivity index (χ0) is 17.4. The van der Waals surface area contributed by atoms with Gasteiger partial charge in [-0.25, -0.2) is 9.78 Å². The maximum absolute atomic E-state index is 11.5. The average molecular weight is 348 g/mol. The average Bonchev–Trinajstić information content (AvgIpc) is 2.57. The fraction of sp³-hybridized carbons (Fsp3) is 0.222. The molecule has 1 N–H and O–H groups in total. The van der Waals surface area contributed by atoms with E-state index >= 15 is 0 Å². The molecule has 1 heterocycles. The van der Waals surface area contributed by atoms with Crippen molar-refractivity contribution >= 4 is 23.6 Å². The fourth-order valence-electron chi connectivity index (χ4n) is 1.78. The molecule has 0 fully saturated rings. The lowest BCUT2D eigenvalue weighted by Crippen LogP contribution is -2.01. The van der Waals surface area contributed by atoms with E-state index in [-0.39, 0.29) is 11.7 Å². The molecule has 0 unspecified atom stereocenters. The van der Waals surface area contributed by atoms with Crippen molar-refractivity contribution in [1.82, 2.24) is 4.98 Å². The van der Waals surface area contributed by atoms with E-state index in [1.54, 1.807) is 24.3 Å². The number of carbonyl (C=O) groups excluding carboxylic acids is 1. The lowest BCUT2D eigenvalue weighted by Gasteiger charge is -2.07. The third-order valence-electron chi connectivity index (χ3n) is 3.05. The molecule has 2 aromatic rings. The van der Waals surface area contributed by atoms with Crippen molar-refractivity contribution in [3.8, 4) is 17.4 Å². The largest absolute Gasteiger partial charge is 0.506 e. The number of carbonyl (C=O) groups is 1. The molecular formula is C18H18ClNO4. The molecule has 5 nitrogen and oxygen atoms in total. The van der Waals surface area contributed by atoms with E-state index in [4.69, 9.17) is 21.1 Å². The number of hydrogen-bond donors (Lipinski definition) is 1. The van der Waals surface area contributed by atoms with E-state index in [1.165, 1.54) is 24.4 Å². The van der Waals surface area contributed by atoms with Crippen molar-refractivity contribution in [3.63, 3.8) is 0 Å². The zero-order valence-electron chi connectivity index (χ0n) is 13.2. The number of ether oxygens (including phenoxy) is 2. The number of rotatable bonds is 7. The van der Waals surface area contributed by atoms with Gasteiger partial charge in [0.05, 0.1) is 17.8 Å². The van der Waals surface area contributed by atoms with Crippen LogP contribution in [0.1, 0.15) is 25.3 Å². The number of esters is 1. The van der Waals surface area contributed by atoms with Gasteiger partial charge in [0.25, 0.3) is 0 Å². The maximum atomic E-state index is 11.5. The van der Waals surface area contributed by atoms with Gasteiger partial charge >= 0.3 is 5.97 Å². The number of unbranched alkanes of at least 4 members (excludes halogenated alkanes) is 1. The predicted octanol–water partition coefficient (Wildman–Crippen LogP) is 4.59. The molecule has 0 aliphatic heterocycles. The Kier molecular flexibility index (Phi) is 6.63. The van der Waals surface area contributed by atoms with Gasteiger partial charge in [0.15, 0.2) is 0 Å². The summed E-state index contributed by atoms with van der Waals surface area (Å²) >= 11 is 6.18. The molecule has 0 saturated carbocycles. The summed E-state index contributed by atoms with van der Waals surface area (Å²) in [6.45, 7) is 2.45. The van der Waals surface area contributed by atoms with Crippen LogP contribution in [0.3, 0.4) is 0 Å². The summed E-state index contributed by atoms with van der Waals surface area (Å²) in [5, 5.41) is 9.58. The molecule has 0 atom stereocenters. The van der Waals surface area contributed by atoms with Gasteiger partial charge < -0.3 is 14.6 Å². The van der Waals surface area contributed by atoms with Crippen LogP contribution in [0.4, 0.5) is 0 Å². The number of pyridine rings is 1. The summed E-state index contributed by atoms with van der Waals surface area (Å²) in [7, 11) is 0. The molecule has 1 aromatic heterocycles. The number of aromatic hydroxyl groups is 1. The summed E-state index contributed by atoms with van der Waals surface area (Å²) in [5.41, 5.74) is 0.749. The first-order valence-corrected chi connectivity index (χ1v) is 7.93. The van der Waals surface area contributed by atoms with Gasteiger partial charge in [-0.1, -0.05) is 31.0 Å². The van der Waals surface area contributed by atoms with Gasteiger partial charge in [-0.15, -0.1) is 0 Å². The minimum atomic E-state index is -0.381. The molecule has 2 rings (SSSR count). The highest BCUT2D eigenvalue weighted by Crippen LogP contribution is 2.30. The summed E-state index contributed by atoms with van der Waals surface area (Å²) in [6, 6.07) is 8.12. The van der Waals surface area contributed by atoms with E-state index < -0.39 is 0 Å². The molecular weight excluding hydrogens is 330 g/mol. The minimum Gasteiger partial charge on any atom is -0.506 e. The van der Waals surface area contributed by atoms with Crippen LogP contribution in [0.5, 0.6) is 17.4 Å². The van der Waals surface area contributed by atoms with Crippen LogP contribution < -0.4 is 4.74 Å². The normalized spacial score (nSPS) is 10.8. The lowest BCUT2D eigenvalue weighted by atomic mass is 10.2. The number of halogens is 1. The lowest BCUT2D eigenvalue weighted by molar-refractivity contribution is -0.137. The van der Waals surface area contributed by atoms with Crippen molar-refractivity contribution in [3.05, 3.63) is 53.2 Å². The Morgan fingerprint density at radius 3 is 2.83 bits per heavy atom. The fourth-order valence-corrected chi connectivity index (χ4v) is 2.01. The Morgan fingerprint density at radius 2 is 2.17 bits per heavy atom. The van der Waals surface area contributed by atoms with Gasteiger partial charge in [-0.2, -0.15) is 0 Å². The van der Waals surface area contributed by atoms with Gasteiger partial charge in [-0.3, -0.25) is 0 Å². The third-order valence-corrected chi connectivity index (χ3v) is 3.34. The van der Waals surface area contributed by atoms with Gasteiger partial charge in [-0.05, 0) is 36.3 Å². The Labute approximate surface area is 145 Å². The summed E-state index contributed by atoms with van der Waals surface area (Å²) < 4.78 is 10.6. The van der Waals surface area contributed by atoms with E-state index in [2.05, 4.69) is 4.98 Å². The van der Waals surface area contributed by atoms with E-state index in [1.807, 2.05) is 6.92 Å². The van der Waals surface area contributed by atoms with Crippen LogP contribution >= 0.6 is 11.6 Å². The van der Waals surface area contributed by atoms with E-state index in [0.717, 1.165) is 18.4 Å². The first-order chi connectivity index (χ1) is 11.6. The number of aromatic nitrogens is 1. The SMILES string of the molecule is CCCCOC(=O)/C=C/c1ccc(Oc2ccc(O)cn2)c(Cl)c1. The number of hydrogen-bond acceptors (Lipinski definition) is 5. The molecule has 1 aromatic carbocycles. The predicted molar refractivity (Wildman–Crippen MR) is 92.3 cm³/mol. The Bertz CT molecular complexity index is 713.